The Labute approximate surface area is 71.7 Å². The van der Waals surface area contributed by atoms with Crippen molar-refractivity contribution in [2.75, 3.05) is 0 Å². The Morgan fingerprint density at radius 1 is 1.55 bits per heavy atom. The highest BCUT2D eigenvalue weighted by Crippen LogP contribution is 2.38. The van der Waals surface area contributed by atoms with Crippen molar-refractivity contribution in [3.05, 3.63) is 0 Å². The lowest BCUT2D eigenvalue weighted by molar-refractivity contribution is -0.120. The molecule has 0 aliphatic carbocycles. The number of carbonyl (C=O) groups excluding carboxylic acids is 1. The van der Waals surface area contributed by atoms with Gasteiger partial charge in [-0.1, -0.05) is 15.9 Å². The molecule has 0 aromatic rings. The van der Waals surface area contributed by atoms with Crippen LogP contribution in [0.25, 0.3) is 0 Å². The summed E-state index contributed by atoms with van der Waals surface area (Å²) in [5, 5.41) is 8.84. The van der Waals surface area contributed by atoms with Gasteiger partial charge in [-0.2, -0.15) is 0 Å². The Balaban J connectivity index is 4.39. The van der Waals surface area contributed by atoms with Crippen molar-refractivity contribution in [3.63, 3.8) is 0 Å². The summed E-state index contributed by atoms with van der Waals surface area (Å²) >= 11 is 2.82. The summed E-state index contributed by atoms with van der Waals surface area (Å²) < 4.78 is 10.2. The number of alkyl halides is 1. The number of aliphatic hydroxyl groups is 1. The zero-order valence-electron chi connectivity index (χ0n) is 5.64. The molecule has 0 fully saturated rings. The van der Waals surface area contributed by atoms with E-state index in [-0.39, 0.29) is 0 Å². The standard InChI is InChI=1S/C4H8BrO5P/c1-2(5)3(6)4(7)11(8,9)10/h2-3,6H,1H3,(H2,8,9,10). The molecule has 11 heavy (non-hydrogen) atoms. The molecule has 0 aromatic heterocycles. The SMILES string of the molecule is CC(Br)C(O)C(=O)P(=O)(O)O. The molecule has 66 valence electrons. The third-order valence-corrected chi connectivity index (χ3v) is 2.31. The molecule has 0 saturated carbocycles. The molecular weight excluding hydrogens is 239 g/mol. The Morgan fingerprint density at radius 2 is 1.91 bits per heavy atom. The van der Waals surface area contributed by atoms with Crippen LogP contribution in [-0.4, -0.2) is 31.3 Å². The molecule has 5 nitrogen and oxygen atoms in total. The van der Waals surface area contributed by atoms with Crippen LogP contribution in [0.4, 0.5) is 0 Å². The molecule has 0 spiro atoms. The molecule has 0 aliphatic rings. The lowest BCUT2D eigenvalue weighted by Gasteiger charge is -2.11. The van der Waals surface area contributed by atoms with Gasteiger partial charge in [0.05, 0.1) is 0 Å². The van der Waals surface area contributed by atoms with E-state index in [1.807, 2.05) is 0 Å². The molecule has 2 unspecified atom stereocenters. The molecule has 0 aromatic carbocycles. The Hall–Kier alpha value is 0.260. The molecule has 3 N–H and O–H groups in total. The fourth-order valence-electron chi connectivity index (χ4n) is 0.369. The molecule has 0 amide bonds. The monoisotopic (exact) mass is 246 g/mol. The Morgan fingerprint density at radius 3 is 2.00 bits per heavy atom. The molecule has 0 rings (SSSR count). The van der Waals surface area contributed by atoms with Crippen LogP contribution in [-0.2, 0) is 9.36 Å². The maximum Gasteiger partial charge on any atom is 0.394 e. The van der Waals surface area contributed by atoms with Crippen molar-refractivity contribution in [3.8, 4) is 0 Å². The van der Waals surface area contributed by atoms with Crippen LogP contribution in [0.1, 0.15) is 6.92 Å². The van der Waals surface area contributed by atoms with Crippen LogP contribution in [0.5, 0.6) is 0 Å². The summed E-state index contributed by atoms with van der Waals surface area (Å²) in [4.78, 5) is 26.5. The number of aliphatic hydroxyl groups excluding tert-OH is 1. The van der Waals surface area contributed by atoms with Crippen molar-refractivity contribution in [1.29, 1.82) is 0 Å². The quantitative estimate of drug-likeness (QED) is 0.475. The highest BCUT2D eigenvalue weighted by atomic mass is 79.9. The van der Waals surface area contributed by atoms with E-state index >= 15 is 0 Å². The molecule has 0 aliphatic heterocycles. The maximum absolute atomic E-state index is 10.6. The minimum atomic E-state index is -4.79. The lowest BCUT2D eigenvalue weighted by atomic mass is 10.3. The molecule has 0 radical (unpaired) electrons. The van der Waals surface area contributed by atoms with Crippen LogP contribution in [0.15, 0.2) is 0 Å². The van der Waals surface area contributed by atoms with Gasteiger partial charge in [-0.15, -0.1) is 0 Å². The molecular formula is C4H8BrO5P. The Kier molecular flexibility index (Phi) is 3.87. The normalized spacial score (nSPS) is 17.5. The van der Waals surface area contributed by atoms with Gasteiger partial charge < -0.3 is 14.9 Å². The first-order valence-electron chi connectivity index (χ1n) is 2.69. The summed E-state index contributed by atoms with van der Waals surface area (Å²) in [6.45, 7) is 1.41. The topological polar surface area (TPSA) is 94.8 Å². The van der Waals surface area contributed by atoms with Crippen LogP contribution < -0.4 is 0 Å². The second-order valence-electron chi connectivity index (χ2n) is 2.00. The summed E-state index contributed by atoms with van der Waals surface area (Å²) in [7, 11) is -4.79. The van der Waals surface area contributed by atoms with Crippen molar-refractivity contribution in [1.82, 2.24) is 0 Å². The van der Waals surface area contributed by atoms with Crippen molar-refractivity contribution >= 4 is 29.1 Å². The van der Waals surface area contributed by atoms with Gasteiger partial charge in [0.15, 0.2) is 0 Å². The van der Waals surface area contributed by atoms with E-state index in [0.29, 0.717) is 0 Å². The summed E-state index contributed by atoms with van der Waals surface area (Å²) in [5.41, 5.74) is -1.46. The third kappa shape index (κ3) is 3.44. The van der Waals surface area contributed by atoms with E-state index in [1.165, 1.54) is 6.92 Å². The van der Waals surface area contributed by atoms with Crippen LogP contribution in [0.2, 0.25) is 0 Å². The van der Waals surface area contributed by atoms with Gasteiger partial charge in [0.25, 0.3) is 5.52 Å². The number of hydrogen-bond acceptors (Lipinski definition) is 3. The first kappa shape index (κ1) is 11.3. The van der Waals surface area contributed by atoms with Crippen molar-refractivity contribution in [2.24, 2.45) is 0 Å². The molecule has 7 heteroatoms. The van der Waals surface area contributed by atoms with E-state index in [2.05, 4.69) is 15.9 Å². The summed E-state index contributed by atoms with van der Waals surface area (Å²) in [5.74, 6) is 0. The minimum absolute atomic E-state index is 0.664. The second kappa shape index (κ2) is 3.78. The first-order valence-corrected chi connectivity index (χ1v) is 5.21. The van der Waals surface area contributed by atoms with E-state index in [0.717, 1.165) is 0 Å². The van der Waals surface area contributed by atoms with E-state index in [4.69, 9.17) is 14.9 Å². The summed E-state index contributed by atoms with van der Waals surface area (Å²) in [6.07, 6.45) is -1.66. The molecule has 0 heterocycles. The van der Waals surface area contributed by atoms with Gasteiger partial charge in [-0.25, -0.2) is 0 Å². The van der Waals surface area contributed by atoms with Gasteiger partial charge in [0.1, 0.15) is 6.10 Å². The fraction of sp³-hybridized carbons (Fsp3) is 0.750. The zero-order valence-corrected chi connectivity index (χ0v) is 8.12. The van der Waals surface area contributed by atoms with Gasteiger partial charge in [0, 0.05) is 4.83 Å². The van der Waals surface area contributed by atoms with Crippen LogP contribution in [0.3, 0.4) is 0 Å². The molecule has 0 bridgehead atoms. The van der Waals surface area contributed by atoms with E-state index < -0.39 is 24.1 Å². The average molecular weight is 247 g/mol. The Bertz CT molecular complexity index is 197. The maximum atomic E-state index is 10.6. The number of halogens is 1. The highest BCUT2D eigenvalue weighted by Gasteiger charge is 2.34. The molecule has 0 saturated heterocycles. The van der Waals surface area contributed by atoms with Crippen molar-refractivity contribution in [2.45, 2.75) is 17.9 Å². The third-order valence-electron chi connectivity index (χ3n) is 0.975. The lowest BCUT2D eigenvalue weighted by Crippen LogP contribution is -2.27. The first-order chi connectivity index (χ1) is 4.76. The van der Waals surface area contributed by atoms with Gasteiger partial charge in [-0.3, -0.25) is 9.36 Å². The smallest absolute Gasteiger partial charge is 0.383 e. The van der Waals surface area contributed by atoms with Crippen molar-refractivity contribution < 1.29 is 24.3 Å². The predicted molar refractivity (Wildman–Crippen MR) is 41.4 cm³/mol. The zero-order chi connectivity index (χ0) is 9.23. The van der Waals surface area contributed by atoms with E-state index in [9.17, 15) is 9.36 Å². The summed E-state index contributed by atoms with van der Waals surface area (Å²) in [6, 6.07) is 0. The van der Waals surface area contributed by atoms with Crippen LogP contribution >= 0.6 is 23.5 Å². The largest absolute Gasteiger partial charge is 0.394 e. The number of carbonyl (C=O) groups is 1. The average Bonchev–Trinajstić information content (AvgIpc) is 1.82. The number of rotatable bonds is 3. The minimum Gasteiger partial charge on any atom is -0.383 e. The van der Waals surface area contributed by atoms with E-state index in [1.54, 1.807) is 0 Å². The van der Waals surface area contributed by atoms with Gasteiger partial charge in [-0.05, 0) is 6.92 Å². The van der Waals surface area contributed by atoms with Crippen LogP contribution in [0, 0.1) is 0 Å². The predicted octanol–water partition coefficient (Wildman–Crippen LogP) is -0.165. The fourth-order valence-corrected chi connectivity index (χ4v) is 1.38. The number of hydrogen-bond donors (Lipinski definition) is 3. The highest BCUT2D eigenvalue weighted by molar-refractivity contribution is 9.09. The molecule has 2 atom stereocenters. The van der Waals surface area contributed by atoms with Gasteiger partial charge in [0.2, 0.25) is 0 Å². The van der Waals surface area contributed by atoms with Gasteiger partial charge >= 0.3 is 7.60 Å². The second-order valence-corrected chi connectivity index (χ2v) is 4.98.